The van der Waals surface area contributed by atoms with Crippen LogP contribution in [0.4, 0.5) is 8.78 Å². The van der Waals surface area contributed by atoms with Crippen LogP contribution >= 0.6 is 0 Å². The lowest BCUT2D eigenvalue weighted by molar-refractivity contribution is -0.159. The number of nitrogens with two attached hydrogens (primary N) is 1. The van der Waals surface area contributed by atoms with E-state index in [4.69, 9.17) is 5.73 Å². The van der Waals surface area contributed by atoms with Crippen LogP contribution in [0.1, 0.15) is 27.7 Å². The van der Waals surface area contributed by atoms with Crippen LogP contribution in [0.2, 0.25) is 0 Å². The van der Waals surface area contributed by atoms with Crippen LogP contribution in [0, 0.1) is 11.3 Å². The van der Waals surface area contributed by atoms with Gasteiger partial charge in [-0.15, -0.1) is 0 Å². The number of carbonyl (C=O) groups is 1. The van der Waals surface area contributed by atoms with Crippen LogP contribution in [-0.2, 0) is 4.79 Å². The average Bonchev–Trinajstić information content (AvgIpc) is 1.82. The van der Waals surface area contributed by atoms with E-state index in [2.05, 4.69) is 0 Å². The number of hydrogen-bond donors (Lipinski definition) is 1. The molecular weight excluding hydrogens is 164 g/mol. The zero-order valence-corrected chi connectivity index (χ0v) is 7.82. The summed E-state index contributed by atoms with van der Waals surface area (Å²) >= 11 is 0. The van der Waals surface area contributed by atoms with E-state index in [-0.39, 0.29) is 0 Å². The molecule has 0 aliphatic rings. The zero-order chi connectivity index (χ0) is 10.2. The second-order valence-corrected chi connectivity index (χ2v) is 3.61. The molecule has 12 heavy (non-hydrogen) atoms. The fourth-order valence-corrected chi connectivity index (χ4v) is 1.01. The van der Waals surface area contributed by atoms with Gasteiger partial charge in [0.1, 0.15) is 5.41 Å². The Kier molecular flexibility index (Phi) is 2.83. The van der Waals surface area contributed by atoms with Gasteiger partial charge in [-0.25, -0.2) is 8.78 Å². The van der Waals surface area contributed by atoms with Crippen LogP contribution in [0.3, 0.4) is 0 Å². The van der Waals surface area contributed by atoms with Gasteiger partial charge in [-0.2, -0.15) is 0 Å². The molecule has 0 rings (SSSR count). The molecule has 0 unspecified atom stereocenters. The molecule has 0 aromatic rings. The molecule has 0 aliphatic heterocycles. The lowest BCUT2D eigenvalue weighted by Crippen LogP contribution is -2.50. The second kappa shape index (κ2) is 2.99. The third kappa shape index (κ3) is 1.57. The summed E-state index contributed by atoms with van der Waals surface area (Å²) in [5.74, 6) is -4.51. The minimum Gasteiger partial charge on any atom is -0.369 e. The summed E-state index contributed by atoms with van der Waals surface area (Å²) in [6, 6.07) is 0. The molecule has 0 saturated carbocycles. The molecule has 0 saturated heterocycles. The van der Waals surface area contributed by atoms with E-state index >= 15 is 0 Å². The van der Waals surface area contributed by atoms with Crippen molar-refractivity contribution in [2.45, 2.75) is 33.6 Å². The maximum atomic E-state index is 13.0. The predicted octanol–water partition coefficient (Wildman–Crippen LogP) is 1.79. The molecule has 0 radical (unpaired) electrons. The number of rotatable bonds is 3. The predicted molar refractivity (Wildman–Crippen MR) is 42.8 cm³/mol. The Labute approximate surface area is 71.1 Å². The topological polar surface area (TPSA) is 43.1 Å². The first-order valence-electron chi connectivity index (χ1n) is 3.81. The van der Waals surface area contributed by atoms with Crippen LogP contribution in [0.5, 0.6) is 0 Å². The van der Waals surface area contributed by atoms with E-state index in [1.807, 2.05) is 0 Å². The van der Waals surface area contributed by atoms with Gasteiger partial charge in [0.15, 0.2) is 0 Å². The summed E-state index contributed by atoms with van der Waals surface area (Å²) in [5, 5.41) is 0. The van der Waals surface area contributed by atoms with E-state index in [0.717, 1.165) is 6.92 Å². The van der Waals surface area contributed by atoms with Crippen molar-refractivity contribution in [3.63, 3.8) is 0 Å². The molecule has 72 valence electrons. The number of primary amides is 1. The molecule has 0 spiro atoms. The third-order valence-corrected chi connectivity index (χ3v) is 2.58. The lowest BCUT2D eigenvalue weighted by atomic mass is 9.73. The van der Waals surface area contributed by atoms with E-state index < -0.39 is 23.2 Å². The largest absolute Gasteiger partial charge is 0.369 e. The Balaban J connectivity index is 5.02. The molecule has 0 aromatic carbocycles. The fraction of sp³-hybridized carbons (Fsp3) is 0.875. The summed E-state index contributed by atoms with van der Waals surface area (Å²) in [5.41, 5.74) is 3.18. The molecule has 0 bridgehead atoms. The van der Waals surface area contributed by atoms with Crippen LogP contribution in [-0.4, -0.2) is 11.8 Å². The SMILES string of the molecule is CC(C)[C@](C)(C(N)=O)C(C)(F)F. The van der Waals surface area contributed by atoms with Crippen molar-refractivity contribution in [1.29, 1.82) is 0 Å². The van der Waals surface area contributed by atoms with Gasteiger partial charge in [-0.1, -0.05) is 13.8 Å². The highest BCUT2D eigenvalue weighted by Gasteiger charge is 2.52. The average molecular weight is 179 g/mol. The molecule has 0 aromatic heterocycles. The van der Waals surface area contributed by atoms with Gasteiger partial charge < -0.3 is 5.73 Å². The first-order chi connectivity index (χ1) is 5.14. The highest BCUT2D eigenvalue weighted by atomic mass is 19.3. The Bertz CT molecular complexity index is 186. The van der Waals surface area contributed by atoms with Gasteiger partial charge in [-0.05, 0) is 12.8 Å². The Hall–Kier alpha value is -0.670. The standard InChI is InChI=1S/C8H15F2NO/c1-5(2)7(3,6(11)12)8(4,9)10/h5H,1-4H3,(H2,11,12)/t7-/m1/s1. The Morgan fingerprint density at radius 2 is 1.67 bits per heavy atom. The number of halogens is 2. The van der Waals surface area contributed by atoms with E-state index in [1.54, 1.807) is 13.8 Å². The fourth-order valence-electron chi connectivity index (χ4n) is 1.01. The highest BCUT2D eigenvalue weighted by molar-refractivity contribution is 5.81. The number of alkyl halides is 2. The van der Waals surface area contributed by atoms with E-state index in [0.29, 0.717) is 0 Å². The Morgan fingerprint density at radius 3 is 1.67 bits per heavy atom. The molecule has 2 N–H and O–H groups in total. The Morgan fingerprint density at radius 1 is 1.33 bits per heavy atom. The first kappa shape index (κ1) is 11.3. The number of amides is 1. The first-order valence-corrected chi connectivity index (χ1v) is 3.81. The van der Waals surface area contributed by atoms with Gasteiger partial charge in [0.05, 0.1) is 0 Å². The second-order valence-electron chi connectivity index (χ2n) is 3.61. The van der Waals surface area contributed by atoms with Crippen molar-refractivity contribution in [2.75, 3.05) is 0 Å². The van der Waals surface area contributed by atoms with Gasteiger partial charge >= 0.3 is 0 Å². The van der Waals surface area contributed by atoms with Crippen molar-refractivity contribution in [3.8, 4) is 0 Å². The van der Waals surface area contributed by atoms with Crippen LogP contribution in [0.15, 0.2) is 0 Å². The normalized spacial score (nSPS) is 17.6. The van der Waals surface area contributed by atoms with E-state index in [9.17, 15) is 13.6 Å². The molecule has 1 atom stereocenters. The summed E-state index contributed by atoms with van der Waals surface area (Å²) in [6.45, 7) is 5.03. The monoisotopic (exact) mass is 179 g/mol. The quantitative estimate of drug-likeness (QED) is 0.705. The molecule has 1 amide bonds. The maximum absolute atomic E-state index is 13.0. The van der Waals surface area contributed by atoms with Gasteiger partial charge in [0, 0.05) is 6.92 Å². The summed E-state index contributed by atoms with van der Waals surface area (Å²) in [4.78, 5) is 10.9. The van der Waals surface area contributed by atoms with Gasteiger partial charge in [-0.3, -0.25) is 4.79 Å². The van der Waals surface area contributed by atoms with Crippen LogP contribution < -0.4 is 5.73 Å². The summed E-state index contributed by atoms with van der Waals surface area (Å²) in [7, 11) is 0. The van der Waals surface area contributed by atoms with Gasteiger partial charge in [0.2, 0.25) is 5.91 Å². The molecule has 4 heteroatoms. The van der Waals surface area contributed by atoms with Crippen LogP contribution in [0.25, 0.3) is 0 Å². The summed E-state index contributed by atoms with van der Waals surface area (Å²) < 4.78 is 25.9. The summed E-state index contributed by atoms with van der Waals surface area (Å²) in [6.07, 6.45) is 0. The van der Waals surface area contributed by atoms with Crippen molar-refractivity contribution in [3.05, 3.63) is 0 Å². The van der Waals surface area contributed by atoms with Crippen molar-refractivity contribution < 1.29 is 13.6 Å². The van der Waals surface area contributed by atoms with Gasteiger partial charge in [0.25, 0.3) is 5.92 Å². The molecular formula is C8H15F2NO. The molecule has 0 fully saturated rings. The van der Waals surface area contributed by atoms with E-state index in [1.165, 1.54) is 6.92 Å². The lowest BCUT2D eigenvalue weighted by Gasteiger charge is -2.35. The minimum atomic E-state index is -3.08. The highest BCUT2D eigenvalue weighted by Crippen LogP contribution is 2.41. The number of carbonyl (C=O) groups excluding carboxylic acids is 1. The molecule has 0 aliphatic carbocycles. The van der Waals surface area contributed by atoms with Crippen molar-refractivity contribution in [1.82, 2.24) is 0 Å². The number of hydrogen-bond acceptors (Lipinski definition) is 1. The maximum Gasteiger partial charge on any atom is 0.259 e. The molecule has 2 nitrogen and oxygen atoms in total. The zero-order valence-electron chi connectivity index (χ0n) is 7.82. The molecule has 0 heterocycles. The van der Waals surface area contributed by atoms with Crippen molar-refractivity contribution >= 4 is 5.91 Å². The minimum absolute atomic E-state index is 0.477. The van der Waals surface area contributed by atoms with Crippen molar-refractivity contribution in [2.24, 2.45) is 17.1 Å². The third-order valence-electron chi connectivity index (χ3n) is 2.58. The smallest absolute Gasteiger partial charge is 0.259 e.